The van der Waals surface area contributed by atoms with Crippen LogP contribution in [0.3, 0.4) is 0 Å². The Morgan fingerprint density at radius 3 is 3.04 bits per heavy atom. The number of rotatable bonds is 7. The summed E-state index contributed by atoms with van der Waals surface area (Å²) in [4.78, 5) is 4.41. The number of allylic oxidation sites excluding steroid dienone is 2. The zero-order valence-corrected chi connectivity index (χ0v) is 15.7. The average Bonchev–Trinajstić information content (AvgIpc) is 3.10. The van der Waals surface area contributed by atoms with Gasteiger partial charge in [0.25, 0.3) is 0 Å². The van der Waals surface area contributed by atoms with E-state index >= 15 is 0 Å². The van der Waals surface area contributed by atoms with Crippen LogP contribution < -0.4 is 14.8 Å². The van der Waals surface area contributed by atoms with Gasteiger partial charge in [0.2, 0.25) is 0 Å². The highest BCUT2D eigenvalue weighted by Gasteiger charge is 2.50. The van der Waals surface area contributed by atoms with E-state index in [1.165, 1.54) is 54.4 Å². The number of fused-ring (bicyclic) bond motifs is 1. The van der Waals surface area contributed by atoms with Crippen LogP contribution in [-0.2, 0) is 13.0 Å². The first kappa shape index (κ1) is 16.8. The number of nitrogens with zero attached hydrogens (tertiary/aromatic N) is 1. The van der Waals surface area contributed by atoms with Gasteiger partial charge in [-0.3, -0.25) is 4.98 Å². The first-order chi connectivity index (χ1) is 13.3. The molecule has 1 N–H and O–H groups in total. The van der Waals surface area contributed by atoms with Crippen molar-refractivity contribution in [3.63, 3.8) is 0 Å². The van der Waals surface area contributed by atoms with Gasteiger partial charge < -0.3 is 14.8 Å². The number of para-hydroxylation sites is 1. The van der Waals surface area contributed by atoms with Gasteiger partial charge >= 0.3 is 0 Å². The second-order valence-corrected chi connectivity index (χ2v) is 7.93. The largest absolute Gasteiger partial charge is 0.488 e. The molecule has 0 unspecified atom stereocenters. The summed E-state index contributed by atoms with van der Waals surface area (Å²) in [5.74, 6) is 1.85. The Morgan fingerprint density at radius 1 is 1.22 bits per heavy atom. The highest BCUT2D eigenvalue weighted by molar-refractivity contribution is 5.66. The Bertz CT molecular complexity index is 870. The lowest BCUT2D eigenvalue weighted by Gasteiger charge is -2.12. The van der Waals surface area contributed by atoms with Crippen molar-refractivity contribution in [1.29, 1.82) is 0 Å². The average molecular weight is 362 g/mol. The number of hydrogen-bond donors (Lipinski definition) is 1. The second-order valence-electron chi connectivity index (χ2n) is 7.93. The summed E-state index contributed by atoms with van der Waals surface area (Å²) in [6.07, 6.45) is 13.3. The van der Waals surface area contributed by atoms with Crippen LogP contribution in [-0.4, -0.2) is 23.7 Å². The van der Waals surface area contributed by atoms with E-state index in [0.717, 1.165) is 31.0 Å². The normalized spacial score (nSPS) is 18.9. The van der Waals surface area contributed by atoms with E-state index in [0.29, 0.717) is 6.61 Å². The number of aromatic nitrogens is 1. The van der Waals surface area contributed by atoms with E-state index in [4.69, 9.17) is 9.47 Å². The zero-order valence-electron chi connectivity index (χ0n) is 15.7. The van der Waals surface area contributed by atoms with E-state index in [1.54, 1.807) is 0 Å². The zero-order chi connectivity index (χ0) is 18.1. The molecule has 27 heavy (non-hydrogen) atoms. The predicted octanol–water partition coefficient (Wildman–Crippen LogP) is 4.29. The molecule has 1 aromatic carbocycles. The fourth-order valence-electron chi connectivity index (χ4n) is 4.11. The van der Waals surface area contributed by atoms with E-state index in [9.17, 15) is 0 Å². The molecular weight excluding hydrogens is 336 g/mol. The molecule has 2 aromatic rings. The summed E-state index contributed by atoms with van der Waals surface area (Å²) in [7, 11) is 0. The molecule has 2 aliphatic carbocycles. The molecule has 4 heteroatoms. The molecule has 4 nitrogen and oxygen atoms in total. The Labute approximate surface area is 160 Å². The monoisotopic (exact) mass is 362 g/mol. The van der Waals surface area contributed by atoms with Gasteiger partial charge in [0, 0.05) is 37.5 Å². The number of hydrogen-bond acceptors (Lipinski definition) is 4. The molecule has 1 fully saturated rings. The Morgan fingerprint density at radius 2 is 2.19 bits per heavy atom. The lowest BCUT2D eigenvalue weighted by Crippen LogP contribution is -2.21. The lowest BCUT2D eigenvalue weighted by atomic mass is 10.1. The first-order valence-electron chi connectivity index (χ1n) is 10.1. The minimum Gasteiger partial charge on any atom is -0.488 e. The number of ether oxygens (including phenoxy) is 2. The van der Waals surface area contributed by atoms with Crippen LogP contribution >= 0.6 is 0 Å². The highest BCUT2D eigenvalue weighted by atomic mass is 16.5. The third-order valence-corrected chi connectivity index (χ3v) is 5.77. The van der Waals surface area contributed by atoms with Gasteiger partial charge in [0.05, 0.1) is 0 Å². The summed E-state index contributed by atoms with van der Waals surface area (Å²) in [5, 5.41) is 3.46. The first-order valence-corrected chi connectivity index (χ1v) is 10.1. The van der Waals surface area contributed by atoms with Crippen LogP contribution in [0.2, 0.25) is 0 Å². The molecule has 1 saturated carbocycles. The minimum absolute atomic E-state index is 0.104. The van der Waals surface area contributed by atoms with Crippen LogP contribution in [0.1, 0.15) is 48.8 Å². The van der Waals surface area contributed by atoms with Crippen molar-refractivity contribution in [3.05, 3.63) is 59.4 Å². The molecule has 0 saturated heterocycles. The predicted molar refractivity (Wildman–Crippen MR) is 106 cm³/mol. The summed E-state index contributed by atoms with van der Waals surface area (Å²) in [6, 6.07) is 8.50. The fourth-order valence-corrected chi connectivity index (χ4v) is 4.11. The molecule has 5 rings (SSSR count). The maximum atomic E-state index is 6.17. The van der Waals surface area contributed by atoms with Crippen molar-refractivity contribution in [2.24, 2.45) is 0 Å². The minimum atomic E-state index is 0.104. The summed E-state index contributed by atoms with van der Waals surface area (Å²) in [6.45, 7) is 2.23. The summed E-state index contributed by atoms with van der Waals surface area (Å²) < 4.78 is 12.2. The Hall–Kier alpha value is -2.33. The lowest BCUT2D eigenvalue weighted by molar-refractivity contribution is 0.198. The quantitative estimate of drug-likeness (QED) is 0.747. The summed E-state index contributed by atoms with van der Waals surface area (Å²) >= 11 is 0. The molecule has 0 bridgehead atoms. The number of pyridine rings is 1. The smallest absolute Gasteiger partial charge is 0.165 e. The van der Waals surface area contributed by atoms with Gasteiger partial charge in [-0.1, -0.05) is 18.2 Å². The van der Waals surface area contributed by atoms with Crippen LogP contribution in [0, 0.1) is 0 Å². The van der Waals surface area contributed by atoms with Crippen molar-refractivity contribution in [3.8, 4) is 11.5 Å². The van der Waals surface area contributed by atoms with Crippen molar-refractivity contribution in [2.75, 3.05) is 13.2 Å². The molecule has 0 radical (unpaired) electrons. The van der Waals surface area contributed by atoms with Gasteiger partial charge in [-0.25, -0.2) is 0 Å². The van der Waals surface area contributed by atoms with E-state index in [1.807, 2.05) is 18.5 Å². The van der Waals surface area contributed by atoms with Crippen molar-refractivity contribution in [1.82, 2.24) is 10.3 Å². The second kappa shape index (κ2) is 7.01. The Balaban J connectivity index is 1.11. The molecule has 0 amide bonds. The van der Waals surface area contributed by atoms with Gasteiger partial charge in [-0.2, -0.15) is 0 Å². The van der Waals surface area contributed by atoms with Crippen LogP contribution in [0.5, 0.6) is 11.5 Å². The van der Waals surface area contributed by atoms with Crippen LogP contribution in [0.15, 0.2) is 42.7 Å². The van der Waals surface area contributed by atoms with E-state index < -0.39 is 0 Å². The molecule has 1 aliphatic heterocycles. The van der Waals surface area contributed by atoms with Crippen LogP contribution in [0.25, 0.3) is 5.57 Å². The van der Waals surface area contributed by atoms with Gasteiger partial charge in [0.1, 0.15) is 12.2 Å². The third kappa shape index (κ3) is 3.59. The Kier molecular flexibility index (Phi) is 4.36. The maximum Gasteiger partial charge on any atom is 0.165 e. The van der Waals surface area contributed by atoms with Crippen molar-refractivity contribution in [2.45, 2.75) is 50.7 Å². The standard InChI is InChI=1S/C23H26N2O2/c1-2-5-18(4-1)20-12-17(15-25-16-20)14-24-10-11-26-21-7-3-6-19-13-23(8-9-23)27-22(19)21/h3-4,6-7,12,15-16,24H,1-2,5,8-11,13-14H2. The molecule has 0 atom stereocenters. The van der Waals surface area contributed by atoms with Gasteiger partial charge in [0.15, 0.2) is 11.5 Å². The molecule has 1 aromatic heterocycles. The van der Waals surface area contributed by atoms with E-state index in [2.05, 4.69) is 34.6 Å². The van der Waals surface area contributed by atoms with Crippen LogP contribution in [0.4, 0.5) is 0 Å². The molecule has 140 valence electrons. The maximum absolute atomic E-state index is 6.17. The SMILES string of the molecule is C1=C(c2cncc(CNCCOc3cccc4c3OC3(CC3)C4)c2)CCC1. The van der Waals surface area contributed by atoms with Gasteiger partial charge in [-0.15, -0.1) is 0 Å². The molecule has 1 spiro atoms. The van der Waals surface area contributed by atoms with Crippen molar-refractivity contribution < 1.29 is 9.47 Å². The van der Waals surface area contributed by atoms with Gasteiger partial charge in [-0.05, 0) is 60.9 Å². The topological polar surface area (TPSA) is 43.4 Å². The van der Waals surface area contributed by atoms with E-state index in [-0.39, 0.29) is 5.60 Å². The van der Waals surface area contributed by atoms with Crippen molar-refractivity contribution >= 4 is 5.57 Å². The molecular formula is C23H26N2O2. The molecule has 2 heterocycles. The summed E-state index contributed by atoms with van der Waals surface area (Å²) in [5.41, 5.74) is 5.34. The molecule has 3 aliphatic rings. The highest BCUT2D eigenvalue weighted by Crippen LogP contribution is 2.52. The number of nitrogens with one attached hydrogen (secondary N) is 1. The number of benzene rings is 1. The fraction of sp³-hybridized carbons (Fsp3) is 0.435. The third-order valence-electron chi connectivity index (χ3n) is 5.77.